The molecule has 5 N–H and O–H groups in total. The molecule has 2 rings (SSSR count). The summed E-state index contributed by atoms with van der Waals surface area (Å²) in [7, 11) is 1.39. The van der Waals surface area contributed by atoms with Crippen molar-refractivity contribution in [3.8, 4) is 11.5 Å². The van der Waals surface area contributed by atoms with Crippen LogP contribution in [0.25, 0.3) is 6.08 Å². The minimum absolute atomic E-state index is 0.124. The van der Waals surface area contributed by atoms with Crippen LogP contribution in [-0.2, 0) is 9.53 Å². The molecule has 9 heteroatoms. The number of carboxylic acids is 1. The first-order chi connectivity index (χ1) is 11.9. The van der Waals surface area contributed by atoms with Crippen LogP contribution in [0, 0.1) is 0 Å². The zero-order valence-electron chi connectivity index (χ0n) is 13.3. The van der Waals surface area contributed by atoms with Gasteiger partial charge in [0.15, 0.2) is 11.5 Å². The molecule has 0 unspecified atom stereocenters. The van der Waals surface area contributed by atoms with Gasteiger partial charge in [0.2, 0.25) is 6.29 Å². The number of benzene rings is 1. The lowest BCUT2D eigenvalue weighted by molar-refractivity contribution is -0.277. The van der Waals surface area contributed by atoms with Crippen LogP contribution < -0.4 is 9.47 Å². The Morgan fingerprint density at radius 2 is 1.92 bits per heavy atom. The average molecular weight is 356 g/mol. The molecule has 0 amide bonds. The molecule has 0 saturated carbocycles. The van der Waals surface area contributed by atoms with Gasteiger partial charge in [-0.2, -0.15) is 0 Å². The number of aliphatic carboxylic acids is 1. The third kappa shape index (κ3) is 4.47. The maximum Gasteiger partial charge on any atom is 0.328 e. The Balaban J connectivity index is 2.25. The molecule has 1 heterocycles. The molecule has 0 aromatic heterocycles. The SMILES string of the molecule is COc1ccc(C=CC(=O)O)cc1O[C@@H]1O[C@H](CO)[C@@H](O)[C@H](O)[C@H]1O. The second kappa shape index (κ2) is 8.28. The summed E-state index contributed by atoms with van der Waals surface area (Å²) in [6, 6.07) is 4.58. The van der Waals surface area contributed by atoms with Gasteiger partial charge in [-0.15, -0.1) is 0 Å². The first-order valence-corrected chi connectivity index (χ1v) is 7.43. The van der Waals surface area contributed by atoms with Crippen LogP contribution in [-0.4, -0.2) is 75.9 Å². The van der Waals surface area contributed by atoms with Gasteiger partial charge < -0.3 is 39.7 Å². The van der Waals surface area contributed by atoms with Gasteiger partial charge in [0.25, 0.3) is 0 Å². The Morgan fingerprint density at radius 1 is 1.20 bits per heavy atom. The van der Waals surface area contributed by atoms with Crippen LogP contribution >= 0.6 is 0 Å². The summed E-state index contributed by atoms with van der Waals surface area (Å²) >= 11 is 0. The highest BCUT2D eigenvalue weighted by Crippen LogP contribution is 2.32. The molecule has 1 aliphatic heterocycles. The van der Waals surface area contributed by atoms with Gasteiger partial charge in [0.1, 0.15) is 24.4 Å². The van der Waals surface area contributed by atoms with Gasteiger partial charge in [0, 0.05) is 6.08 Å². The fourth-order valence-corrected chi connectivity index (χ4v) is 2.35. The lowest BCUT2D eigenvalue weighted by Crippen LogP contribution is -2.60. The third-order valence-corrected chi connectivity index (χ3v) is 3.70. The van der Waals surface area contributed by atoms with E-state index in [1.165, 1.54) is 25.3 Å². The van der Waals surface area contributed by atoms with Gasteiger partial charge in [0.05, 0.1) is 13.7 Å². The predicted molar refractivity (Wildman–Crippen MR) is 84.1 cm³/mol. The Labute approximate surface area is 143 Å². The van der Waals surface area contributed by atoms with Crippen molar-refractivity contribution in [2.24, 2.45) is 0 Å². The average Bonchev–Trinajstić information content (AvgIpc) is 2.60. The van der Waals surface area contributed by atoms with Crippen LogP contribution in [0.3, 0.4) is 0 Å². The Hall–Kier alpha value is -2.17. The van der Waals surface area contributed by atoms with Gasteiger partial charge in [-0.1, -0.05) is 6.07 Å². The van der Waals surface area contributed by atoms with Crippen LogP contribution in [0.1, 0.15) is 5.56 Å². The van der Waals surface area contributed by atoms with E-state index >= 15 is 0 Å². The summed E-state index contributed by atoms with van der Waals surface area (Å²) in [5, 5.41) is 47.5. The van der Waals surface area contributed by atoms with E-state index in [2.05, 4.69) is 0 Å². The van der Waals surface area contributed by atoms with Gasteiger partial charge in [-0.3, -0.25) is 0 Å². The number of aliphatic hydroxyl groups is 4. The van der Waals surface area contributed by atoms with Crippen molar-refractivity contribution >= 4 is 12.0 Å². The van der Waals surface area contributed by atoms with Crippen molar-refractivity contribution in [1.29, 1.82) is 0 Å². The zero-order chi connectivity index (χ0) is 18.6. The van der Waals surface area contributed by atoms with Crippen molar-refractivity contribution in [2.75, 3.05) is 13.7 Å². The van der Waals surface area contributed by atoms with Gasteiger partial charge in [-0.05, 0) is 23.8 Å². The molecular weight excluding hydrogens is 336 g/mol. The molecule has 0 bridgehead atoms. The largest absolute Gasteiger partial charge is 0.493 e. The summed E-state index contributed by atoms with van der Waals surface area (Å²) in [4.78, 5) is 10.6. The highest BCUT2D eigenvalue weighted by Gasteiger charge is 2.44. The highest BCUT2D eigenvalue weighted by molar-refractivity contribution is 5.85. The summed E-state index contributed by atoms with van der Waals surface area (Å²) in [5.74, 6) is -0.712. The molecule has 0 aliphatic carbocycles. The van der Waals surface area contributed by atoms with E-state index in [4.69, 9.17) is 19.3 Å². The monoisotopic (exact) mass is 356 g/mol. The molecule has 9 nitrogen and oxygen atoms in total. The molecule has 1 aromatic rings. The topological polar surface area (TPSA) is 146 Å². The van der Waals surface area contributed by atoms with Crippen LogP contribution in [0.4, 0.5) is 0 Å². The number of carbonyl (C=O) groups is 1. The number of carboxylic acid groups (broad SMARTS) is 1. The van der Waals surface area contributed by atoms with E-state index in [1.807, 2.05) is 0 Å². The maximum absolute atomic E-state index is 10.6. The lowest BCUT2D eigenvalue weighted by Gasteiger charge is -2.39. The predicted octanol–water partition coefficient (Wildman–Crippen LogP) is -1.03. The number of aliphatic hydroxyl groups excluding tert-OH is 4. The van der Waals surface area contributed by atoms with E-state index in [-0.39, 0.29) is 11.5 Å². The minimum atomic E-state index is -1.57. The van der Waals surface area contributed by atoms with E-state index in [1.54, 1.807) is 6.07 Å². The maximum atomic E-state index is 10.6. The molecule has 138 valence electrons. The standard InChI is InChI=1S/C16H20O9/c1-23-9-4-2-8(3-5-12(18)19)6-10(9)24-16-15(22)14(21)13(20)11(7-17)25-16/h2-6,11,13-17,20-22H,7H2,1H3,(H,18,19)/t11-,13-,14+,15-,16-/m1/s1. The van der Waals surface area contributed by atoms with Crippen molar-refractivity contribution < 1.29 is 44.5 Å². The third-order valence-electron chi connectivity index (χ3n) is 3.70. The fraction of sp³-hybridized carbons (Fsp3) is 0.438. The number of hydrogen-bond acceptors (Lipinski definition) is 8. The zero-order valence-corrected chi connectivity index (χ0v) is 13.3. The molecule has 1 fully saturated rings. The van der Waals surface area contributed by atoms with Gasteiger partial charge >= 0.3 is 5.97 Å². The lowest BCUT2D eigenvalue weighted by atomic mass is 9.99. The molecular formula is C16H20O9. The smallest absolute Gasteiger partial charge is 0.328 e. The second-order valence-corrected chi connectivity index (χ2v) is 5.40. The van der Waals surface area contributed by atoms with Crippen LogP contribution in [0.2, 0.25) is 0 Å². The number of rotatable bonds is 6. The Kier molecular flexibility index (Phi) is 6.34. The molecule has 25 heavy (non-hydrogen) atoms. The highest BCUT2D eigenvalue weighted by atomic mass is 16.7. The molecule has 0 radical (unpaired) electrons. The quantitative estimate of drug-likeness (QED) is 0.404. The number of ether oxygens (including phenoxy) is 3. The molecule has 1 aromatic carbocycles. The van der Waals surface area contributed by atoms with Crippen molar-refractivity contribution in [3.05, 3.63) is 29.8 Å². The summed E-state index contributed by atoms with van der Waals surface area (Å²) in [6.07, 6.45) is -4.83. The first kappa shape index (κ1) is 19.2. The summed E-state index contributed by atoms with van der Waals surface area (Å²) in [6.45, 7) is -0.580. The van der Waals surface area contributed by atoms with Crippen LogP contribution in [0.5, 0.6) is 11.5 Å². The van der Waals surface area contributed by atoms with E-state index in [0.717, 1.165) is 6.08 Å². The number of methoxy groups -OCH3 is 1. The van der Waals surface area contributed by atoms with E-state index in [9.17, 15) is 25.2 Å². The Morgan fingerprint density at radius 3 is 2.52 bits per heavy atom. The minimum Gasteiger partial charge on any atom is -0.493 e. The van der Waals surface area contributed by atoms with Crippen molar-refractivity contribution in [3.63, 3.8) is 0 Å². The normalized spacial score (nSPS) is 29.6. The van der Waals surface area contributed by atoms with E-state index < -0.39 is 43.3 Å². The number of hydrogen-bond donors (Lipinski definition) is 5. The summed E-state index contributed by atoms with van der Waals surface area (Å²) in [5.41, 5.74) is 0.489. The van der Waals surface area contributed by atoms with Crippen molar-refractivity contribution in [2.45, 2.75) is 30.7 Å². The van der Waals surface area contributed by atoms with Crippen molar-refractivity contribution in [1.82, 2.24) is 0 Å². The molecule has 5 atom stereocenters. The molecule has 1 aliphatic rings. The Bertz CT molecular complexity index is 628. The second-order valence-electron chi connectivity index (χ2n) is 5.40. The van der Waals surface area contributed by atoms with E-state index in [0.29, 0.717) is 5.56 Å². The summed E-state index contributed by atoms with van der Waals surface area (Å²) < 4.78 is 15.9. The fourth-order valence-electron chi connectivity index (χ4n) is 2.35. The van der Waals surface area contributed by atoms with Gasteiger partial charge in [-0.25, -0.2) is 4.79 Å². The molecule has 0 spiro atoms. The van der Waals surface area contributed by atoms with Crippen LogP contribution in [0.15, 0.2) is 24.3 Å². The first-order valence-electron chi connectivity index (χ1n) is 7.43. The molecule has 1 saturated heterocycles.